The van der Waals surface area contributed by atoms with Gasteiger partial charge in [0, 0.05) is 19.3 Å². The van der Waals surface area contributed by atoms with Crippen LogP contribution in [0.2, 0.25) is 0 Å². The second-order valence-corrected chi connectivity index (χ2v) is 5.77. The number of carbonyl (C=O) groups is 2. The summed E-state index contributed by atoms with van der Waals surface area (Å²) in [6, 6.07) is 10.7. The van der Waals surface area contributed by atoms with Gasteiger partial charge in [-0.15, -0.1) is 0 Å². The van der Waals surface area contributed by atoms with Crippen LogP contribution in [-0.4, -0.2) is 29.5 Å². The van der Waals surface area contributed by atoms with Crippen LogP contribution in [0.15, 0.2) is 47.4 Å². The molecule has 6 heteroatoms. The van der Waals surface area contributed by atoms with E-state index in [1.165, 1.54) is 23.9 Å². The second kappa shape index (κ2) is 7.59. The van der Waals surface area contributed by atoms with E-state index in [4.69, 9.17) is 0 Å². The summed E-state index contributed by atoms with van der Waals surface area (Å²) >= 11 is 0. The first-order valence-corrected chi connectivity index (χ1v) is 7.73. The van der Waals surface area contributed by atoms with Gasteiger partial charge in [-0.1, -0.05) is 30.3 Å². The average molecular weight is 327 g/mol. The van der Waals surface area contributed by atoms with Crippen LogP contribution in [0.5, 0.6) is 0 Å². The molecular formula is C18H21N3O3. The number of pyridine rings is 1. The summed E-state index contributed by atoms with van der Waals surface area (Å²) in [5.41, 5.74) is 0.700. The lowest BCUT2D eigenvalue weighted by Gasteiger charge is -2.13. The Morgan fingerprint density at radius 2 is 1.79 bits per heavy atom. The lowest BCUT2D eigenvalue weighted by atomic mass is 10.1. The van der Waals surface area contributed by atoms with Gasteiger partial charge in [0.15, 0.2) is 0 Å². The maximum Gasteiger partial charge on any atom is 0.263 e. The topological polar surface area (TPSA) is 80.2 Å². The highest BCUT2D eigenvalue weighted by Gasteiger charge is 2.17. The van der Waals surface area contributed by atoms with Crippen molar-refractivity contribution in [2.75, 3.05) is 7.05 Å². The Morgan fingerprint density at radius 1 is 1.12 bits per heavy atom. The van der Waals surface area contributed by atoms with Crippen LogP contribution in [-0.2, 0) is 6.54 Å². The van der Waals surface area contributed by atoms with Gasteiger partial charge in [0.1, 0.15) is 5.56 Å². The van der Waals surface area contributed by atoms with Gasteiger partial charge in [-0.3, -0.25) is 14.4 Å². The average Bonchev–Trinajstić information content (AvgIpc) is 2.56. The van der Waals surface area contributed by atoms with Gasteiger partial charge in [-0.25, -0.2) is 0 Å². The van der Waals surface area contributed by atoms with E-state index in [1.54, 1.807) is 0 Å². The molecule has 0 radical (unpaired) electrons. The zero-order valence-electron chi connectivity index (χ0n) is 14.0. The third kappa shape index (κ3) is 4.10. The largest absolute Gasteiger partial charge is 0.355 e. The van der Waals surface area contributed by atoms with Crippen LogP contribution >= 0.6 is 0 Å². The van der Waals surface area contributed by atoms with Crippen LogP contribution < -0.4 is 16.2 Å². The Labute approximate surface area is 140 Å². The number of aromatic nitrogens is 1. The molecular weight excluding hydrogens is 306 g/mol. The van der Waals surface area contributed by atoms with E-state index < -0.39 is 11.5 Å². The summed E-state index contributed by atoms with van der Waals surface area (Å²) in [5.74, 6) is -0.835. The first kappa shape index (κ1) is 17.5. The smallest absolute Gasteiger partial charge is 0.263 e. The van der Waals surface area contributed by atoms with E-state index >= 15 is 0 Å². The Bertz CT molecular complexity index is 795. The highest BCUT2D eigenvalue weighted by molar-refractivity contribution is 5.99. The fourth-order valence-electron chi connectivity index (χ4n) is 2.30. The fourth-order valence-corrected chi connectivity index (χ4v) is 2.30. The maximum atomic E-state index is 12.5. The van der Waals surface area contributed by atoms with Crippen molar-refractivity contribution in [3.63, 3.8) is 0 Å². The summed E-state index contributed by atoms with van der Waals surface area (Å²) in [5, 5.41) is 5.20. The number of nitrogens with zero attached hydrogens (tertiary/aromatic N) is 1. The van der Waals surface area contributed by atoms with E-state index in [0.717, 1.165) is 5.56 Å². The maximum absolute atomic E-state index is 12.5. The molecule has 0 aliphatic rings. The molecule has 2 rings (SSSR count). The lowest BCUT2D eigenvalue weighted by Crippen LogP contribution is -2.35. The number of nitrogens with one attached hydrogen (secondary N) is 2. The molecule has 6 nitrogen and oxygen atoms in total. The van der Waals surface area contributed by atoms with Crippen molar-refractivity contribution in [3.8, 4) is 0 Å². The second-order valence-electron chi connectivity index (χ2n) is 5.77. The molecule has 0 fully saturated rings. The predicted octanol–water partition coefficient (Wildman–Crippen LogP) is 1.39. The van der Waals surface area contributed by atoms with Gasteiger partial charge in [0.25, 0.3) is 17.4 Å². The SMILES string of the molecule is CNC(=O)c1cc(C(=O)NC(C)C)cn(Cc2ccccc2)c1=O. The number of carbonyl (C=O) groups excluding carboxylic acids is 2. The van der Waals surface area contributed by atoms with Crippen LogP contribution in [0.25, 0.3) is 0 Å². The number of rotatable bonds is 5. The lowest BCUT2D eigenvalue weighted by molar-refractivity contribution is 0.0942. The van der Waals surface area contributed by atoms with Crippen molar-refractivity contribution < 1.29 is 9.59 Å². The zero-order valence-corrected chi connectivity index (χ0v) is 14.0. The van der Waals surface area contributed by atoms with Crippen molar-refractivity contribution in [2.45, 2.75) is 26.4 Å². The normalized spacial score (nSPS) is 10.5. The third-order valence-corrected chi connectivity index (χ3v) is 3.44. The quantitative estimate of drug-likeness (QED) is 0.871. The molecule has 24 heavy (non-hydrogen) atoms. The van der Waals surface area contributed by atoms with Crippen molar-refractivity contribution in [3.05, 3.63) is 69.6 Å². The molecule has 0 saturated heterocycles. The van der Waals surface area contributed by atoms with E-state index in [9.17, 15) is 14.4 Å². The first-order valence-electron chi connectivity index (χ1n) is 7.73. The number of benzene rings is 1. The molecule has 2 N–H and O–H groups in total. The van der Waals surface area contributed by atoms with Gasteiger partial charge < -0.3 is 15.2 Å². The molecule has 126 valence electrons. The number of hydrogen-bond donors (Lipinski definition) is 2. The molecule has 2 amide bonds. The van der Waals surface area contributed by atoms with Crippen LogP contribution in [0, 0.1) is 0 Å². The van der Waals surface area contributed by atoms with Gasteiger partial charge >= 0.3 is 0 Å². The molecule has 1 aromatic carbocycles. The van der Waals surface area contributed by atoms with E-state index in [0.29, 0.717) is 0 Å². The van der Waals surface area contributed by atoms with Crippen LogP contribution in [0.4, 0.5) is 0 Å². The Kier molecular flexibility index (Phi) is 5.52. The molecule has 1 aromatic heterocycles. The van der Waals surface area contributed by atoms with E-state index in [-0.39, 0.29) is 29.6 Å². The monoisotopic (exact) mass is 327 g/mol. The number of amides is 2. The number of hydrogen-bond acceptors (Lipinski definition) is 3. The fraction of sp³-hybridized carbons (Fsp3) is 0.278. The molecule has 0 atom stereocenters. The minimum absolute atomic E-state index is 0.0459. The summed E-state index contributed by atoms with van der Waals surface area (Å²) in [4.78, 5) is 36.8. The molecule has 0 aliphatic heterocycles. The minimum Gasteiger partial charge on any atom is -0.355 e. The summed E-state index contributed by atoms with van der Waals surface area (Å²) in [6.45, 7) is 3.97. The zero-order chi connectivity index (χ0) is 17.7. The van der Waals surface area contributed by atoms with Crippen molar-refractivity contribution in [1.29, 1.82) is 0 Å². The molecule has 1 heterocycles. The minimum atomic E-state index is -0.513. The molecule has 2 aromatic rings. The van der Waals surface area contributed by atoms with E-state index in [1.807, 2.05) is 44.2 Å². The molecule has 0 saturated carbocycles. The van der Waals surface area contributed by atoms with E-state index in [2.05, 4.69) is 10.6 Å². The van der Waals surface area contributed by atoms with Gasteiger partial charge in [0.05, 0.1) is 12.1 Å². The van der Waals surface area contributed by atoms with Crippen molar-refractivity contribution in [1.82, 2.24) is 15.2 Å². The van der Waals surface area contributed by atoms with Crippen LogP contribution in [0.1, 0.15) is 40.1 Å². The molecule has 0 unspecified atom stereocenters. The summed E-state index contributed by atoms with van der Waals surface area (Å²) in [6.07, 6.45) is 1.49. The molecule has 0 bridgehead atoms. The highest BCUT2D eigenvalue weighted by Crippen LogP contribution is 2.06. The first-order chi connectivity index (χ1) is 11.4. The Morgan fingerprint density at radius 3 is 2.38 bits per heavy atom. The summed E-state index contributed by atoms with van der Waals surface area (Å²) < 4.78 is 1.38. The standard InChI is InChI=1S/C18H21N3O3/c1-12(2)20-16(22)14-9-15(17(23)19-3)18(24)21(11-14)10-13-7-5-4-6-8-13/h4-9,11-12H,10H2,1-3H3,(H,19,23)(H,20,22). The van der Waals surface area contributed by atoms with Crippen molar-refractivity contribution >= 4 is 11.8 Å². The molecule has 0 spiro atoms. The predicted molar refractivity (Wildman–Crippen MR) is 92.2 cm³/mol. The van der Waals surface area contributed by atoms with Crippen molar-refractivity contribution in [2.24, 2.45) is 0 Å². The van der Waals surface area contributed by atoms with Crippen LogP contribution in [0.3, 0.4) is 0 Å². The third-order valence-electron chi connectivity index (χ3n) is 3.44. The highest BCUT2D eigenvalue weighted by atomic mass is 16.2. The van der Waals surface area contributed by atoms with Gasteiger partial charge in [0.2, 0.25) is 0 Å². The molecule has 0 aliphatic carbocycles. The van der Waals surface area contributed by atoms with Gasteiger partial charge in [-0.05, 0) is 25.5 Å². The Hall–Kier alpha value is -2.89. The summed E-state index contributed by atoms with van der Waals surface area (Å²) in [7, 11) is 1.45. The van der Waals surface area contributed by atoms with Gasteiger partial charge in [-0.2, -0.15) is 0 Å². The Balaban J connectivity index is 2.50.